The number of hydrogen-bond acceptors (Lipinski definition) is 30. The maximum absolute atomic E-state index is 12.7. The smallest absolute Gasteiger partial charge is 0.347 e. The molecule has 146 heavy (non-hydrogen) atoms. The monoisotopic (exact) mass is 2060 g/mol. The summed E-state index contributed by atoms with van der Waals surface area (Å²) >= 11 is 0. The summed E-state index contributed by atoms with van der Waals surface area (Å²) in [6.45, 7) is 66.5. The molecule has 31 nitrogen and oxygen atoms in total. The van der Waals surface area contributed by atoms with Crippen molar-refractivity contribution in [1.82, 2.24) is 5.32 Å². The Kier molecular flexibility index (Phi) is 42.4. The number of esters is 13. The van der Waals surface area contributed by atoms with Crippen LogP contribution < -0.4 is 5.32 Å². The standard InChI is InChI=1S/C16H25NO4.C16H26O3.C15H19NO4.C14H26O2.2C12H22O2.3C10H16O4/c1-7-13(2,3)10(18)17-11(19)16-9-8-15(6,12(20)21-16)14(16,4)5;1-4-14(2,3)13(17)19-16-8-11-5-12(9-16)7-15(18,6-11)10-16;1-4-14(2,3)12(17)19-10-8-5-9-11(10)20-13(18)15(9,6-8)7-16;1-6-13(4,5)12(15)16-14(11(2)3)9-7-8-10-14;2*1-5-11(2,3)10(13)14-12(4)8-6-7-9-12;3*1-4-10(2,3)9(12)14-7-5-6-13-8(7)11/h7-9H2,1-6H3,(H,17,18,19);11-12,18H,4-10H2,1-3H3;8-11H,4-6H2,1-3H3;11H,6-10H2,1-5H3;2*5-9H2,1-4H3;3*7H,4-6H2,1-3H3. The van der Waals surface area contributed by atoms with Crippen molar-refractivity contribution in [3.05, 3.63) is 0 Å². The van der Waals surface area contributed by atoms with E-state index in [1.807, 2.05) is 152 Å². The molecule has 8 bridgehead atoms. The first-order valence-electron chi connectivity index (χ1n) is 54.8. The average Bonchev–Trinajstić information content (AvgIpc) is 1.52. The molecule has 31 heteroatoms. The van der Waals surface area contributed by atoms with Gasteiger partial charge in [0.25, 0.3) is 5.91 Å². The molecule has 0 radical (unpaired) electrons. The fourth-order valence-corrected chi connectivity index (χ4v) is 20.5. The van der Waals surface area contributed by atoms with Crippen LogP contribution in [0.15, 0.2) is 0 Å². The van der Waals surface area contributed by atoms with Gasteiger partial charge in [-0.25, -0.2) is 14.4 Å². The van der Waals surface area contributed by atoms with E-state index in [9.17, 15) is 82.3 Å². The van der Waals surface area contributed by atoms with Gasteiger partial charge >= 0.3 is 77.6 Å². The highest BCUT2D eigenvalue weighted by molar-refractivity contribution is 6.05. The van der Waals surface area contributed by atoms with Crippen molar-refractivity contribution >= 4 is 89.4 Å². The van der Waals surface area contributed by atoms with Crippen molar-refractivity contribution in [2.75, 3.05) is 19.8 Å². The molecule has 5 saturated heterocycles. The summed E-state index contributed by atoms with van der Waals surface area (Å²) in [5.74, 6) is -2.74. The third kappa shape index (κ3) is 29.7. The Labute approximate surface area is 872 Å². The number of nitrogens with zero attached hydrogens (tertiary/aromatic N) is 1. The largest absolute Gasteiger partial charge is 0.463 e. The van der Waals surface area contributed by atoms with Crippen LogP contribution in [0.3, 0.4) is 0 Å². The van der Waals surface area contributed by atoms with E-state index in [-0.39, 0.29) is 116 Å². The minimum atomic E-state index is -1.22. The lowest BCUT2D eigenvalue weighted by atomic mass is 9.52. The Morgan fingerprint density at radius 3 is 1.04 bits per heavy atom. The molecule has 10 aliphatic carbocycles. The predicted molar refractivity (Wildman–Crippen MR) is 547 cm³/mol. The third-order valence-corrected chi connectivity index (χ3v) is 36.2. The number of aliphatic hydroxyl groups is 1. The second-order valence-corrected chi connectivity index (χ2v) is 51.4. The third-order valence-electron chi connectivity index (χ3n) is 36.2. The molecule has 15 rings (SSSR count). The van der Waals surface area contributed by atoms with Crippen molar-refractivity contribution in [1.29, 1.82) is 5.26 Å². The number of imide groups is 1. The van der Waals surface area contributed by atoms with Crippen LogP contribution in [-0.4, -0.2) is 178 Å². The van der Waals surface area contributed by atoms with Gasteiger partial charge in [0.05, 0.1) is 80.2 Å². The lowest BCUT2D eigenvalue weighted by molar-refractivity contribution is -0.225. The lowest BCUT2D eigenvalue weighted by Crippen LogP contribution is -2.61. The summed E-state index contributed by atoms with van der Waals surface area (Å²) < 4.78 is 68.8. The number of nitrogens with one attached hydrogen (secondary N) is 1. The highest BCUT2D eigenvalue weighted by atomic mass is 16.6. The van der Waals surface area contributed by atoms with Crippen LogP contribution in [0.4, 0.5) is 0 Å². The summed E-state index contributed by atoms with van der Waals surface area (Å²) in [6.07, 6.45) is 26.5. The summed E-state index contributed by atoms with van der Waals surface area (Å²) in [5, 5.41) is 22.4. The minimum absolute atomic E-state index is 0.0226. The number of nitriles is 1. The molecule has 10 saturated carbocycles. The number of cyclic esters (lactones) is 3. The molecule has 0 aromatic rings. The van der Waals surface area contributed by atoms with Gasteiger partial charge in [-0.2, -0.15) is 5.26 Å². The SMILES string of the molecule is CCC(C)(C)C(=O)NC(=O)C12CCC(C)(C(=O)O1)C2(C)C.CCC(C)(C)C(=O)OC1(C(C)C)CCCC1.CCC(C)(C)C(=O)OC1(C)CCCC1.CCC(C)(C)C(=O)OC1(C)CCCC1.CCC(C)(C)C(=O)OC12CC3CC(CC(O)(C3)C1)C2.CCC(C)(C)C(=O)OC1C2CC3C1OC(=O)C3(C#N)C2.CCC(C)(C)C(=O)OC1CCOC1=O.CCC(C)(C)C(=O)OC1CCOC1=O.CCC(C)(C)C(=O)OC1CCOC1=O. The van der Waals surface area contributed by atoms with Gasteiger partial charge in [-0.05, 0) is 342 Å². The molecule has 832 valence electrons. The van der Waals surface area contributed by atoms with Gasteiger partial charge in [-0.1, -0.05) is 104 Å². The van der Waals surface area contributed by atoms with E-state index in [2.05, 4.69) is 39.1 Å². The van der Waals surface area contributed by atoms with Crippen molar-refractivity contribution in [3.8, 4) is 6.07 Å². The van der Waals surface area contributed by atoms with E-state index in [0.717, 1.165) is 96.3 Å². The zero-order valence-electron chi connectivity index (χ0n) is 95.8. The molecule has 5 aliphatic heterocycles. The minimum Gasteiger partial charge on any atom is -0.463 e. The van der Waals surface area contributed by atoms with Gasteiger partial charge in [0.15, 0.2) is 11.0 Å². The molecular weight excluding hydrogens is 1870 g/mol. The first kappa shape index (κ1) is 126. The summed E-state index contributed by atoms with van der Waals surface area (Å²) in [6, 6.07) is 2.15. The van der Waals surface area contributed by atoms with Crippen LogP contribution >= 0.6 is 0 Å². The van der Waals surface area contributed by atoms with E-state index in [4.69, 9.17) is 61.6 Å². The Balaban J connectivity index is 0.000000252. The molecule has 2 amide bonds. The average molecular weight is 2060 g/mol. The summed E-state index contributed by atoms with van der Waals surface area (Å²) in [4.78, 5) is 177. The van der Waals surface area contributed by atoms with Gasteiger partial charge in [-0.3, -0.25) is 62.9 Å². The number of fused-ring (bicyclic) bond motifs is 3. The van der Waals surface area contributed by atoms with Gasteiger partial charge in [-0.15, -0.1) is 0 Å². The van der Waals surface area contributed by atoms with Crippen molar-refractivity contribution in [2.45, 2.75) is 518 Å². The Morgan fingerprint density at radius 1 is 0.411 bits per heavy atom. The second kappa shape index (κ2) is 49.0. The van der Waals surface area contributed by atoms with Gasteiger partial charge in [0.2, 0.25) is 24.2 Å². The van der Waals surface area contributed by atoms with Crippen LogP contribution in [0.5, 0.6) is 0 Å². The normalized spacial score (nSPS) is 28.8. The van der Waals surface area contributed by atoms with Gasteiger partial charge in [0, 0.05) is 48.3 Å². The zero-order valence-corrected chi connectivity index (χ0v) is 95.8. The van der Waals surface area contributed by atoms with Gasteiger partial charge in [0.1, 0.15) is 34.6 Å². The first-order valence-corrected chi connectivity index (χ1v) is 54.8. The molecule has 0 aromatic carbocycles. The predicted octanol–water partition coefficient (Wildman–Crippen LogP) is 21.4. The van der Waals surface area contributed by atoms with Crippen LogP contribution in [-0.2, 0) is 133 Å². The topological polar surface area (TPSA) is 432 Å². The van der Waals surface area contributed by atoms with E-state index < -0.39 is 114 Å². The number of amides is 2. The van der Waals surface area contributed by atoms with Crippen molar-refractivity contribution < 1.29 is 139 Å². The molecule has 0 spiro atoms. The van der Waals surface area contributed by atoms with E-state index >= 15 is 0 Å². The highest BCUT2D eigenvalue weighted by Crippen LogP contribution is 2.67. The molecular formula is C115H188N2O29. The molecule has 2 N–H and O–H groups in total. The van der Waals surface area contributed by atoms with E-state index in [1.165, 1.54) is 44.9 Å². The highest BCUT2D eigenvalue weighted by Gasteiger charge is 2.76. The quantitative estimate of drug-likeness (QED) is 0.0542. The second-order valence-electron chi connectivity index (χ2n) is 51.4. The Morgan fingerprint density at radius 2 is 0.740 bits per heavy atom. The summed E-state index contributed by atoms with van der Waals surface area (Å²) in [5.41, 5.74) is -9.07. The molecule has 15 aliphatic rings. The molecule has 15 fully saturated rings. The van der Waals surface area contributed by atoms with Crippen LogP contribution in [0.1, 0.15) is 454 Å². The maximum atomic E-state index is 12.7. The van der Waals surface area contributed by atoms with E-state index in [1.54, 1.807) is 55.4 Å². The van der Waals surface area contributed by atoms with Gasteiger partial charge < -0.3 is 66.7 Å². The van der Waals surface area contributed by atoms with E-state index in [0.29, 0.717) is 115 Å². The maximum Gasteiger partial charge on any atom is 0.347 e. The number of carbonyl (C=O) groups excluding carboxylic acids is 15. The van der Waals surface area contributed by atoms with Crippen LogP contribution in [0, 0.1) is 106 Å². The first-order chi connectivity index (χ1) is 67.1. The molecule has 12 unspecified atom stereocenters. The molecule has 12 atom stereocenters. The Bertz CT molecular complexity index is 4440. The van der Waals surface area contributed by atoms with Crippen molar-refractivity contribution in [3.63, 3.8) is 0 Å². The molecule has 0 aromatic heterocycles. The zero-order chi connectivity index (χ0) is 111. The number of ether oxygens (including phenoxy) is 13. The lowest BCUT2D eigenvalue weighted by Gasteiger charge is -2.59. The number of carbonyl (C=O) groups is 15. The number of rotatable bonds is 28. The fourth-order valence-electron chi connectivity index (χ4n) is 20.5. The number of hydrogen-bond donors (Lipinski definition) is 2. The fraction of sp³-hybridized carbons (Fsp3) is 0.861. The van der Waals surface area contributed by atoms with Crippen LogP contribution in [0.2, 0.25) is 0 Å². The van der Waals surface area contributed by atoms with Crippen LogP contribution in [0.25, 0.3) is 0 Å². The Hall–Kier alpha value is -8.30. The molecule has 5 heterocycles. The van der Waals surface area contributed by atoms with Crippen molar-refractivity contribution in [2.24, 2.45) is 94.6 Å². The summed E-state index contributed by atoms with van der Waals surface area (Å²) in [7, 11) is 0.